The average Bonchev–Trinajstić information content (AvgIpc) is 2.46. The highest BCUT2D eigenvalue weighted by Gasteiger charge is 2.05. The zero-order chi connectivity index (χ0) is 14.4. The third-order valence-electron chi connectivity index (χ3n) is 2.98. The van der Waals surface area contributed by atoms with Gasteiger partial charge in [0, 0.05) is 4.47 Å². The molecule has 0 radical (unpaired) electrons. The van der Waals surface area contributed by atoms with Crippen LogP contribution >= 0.6 is 15.9 Å². The second-order valence-electron chi connectivity index (χ2n) is 4.56. The van der Waals surface area contributed by atoms with Crippen molar-refractivity contribution in [3.8, 4) is 5.75 Å². The Morgan fingerprint density at radius 2 is 1.85 bits per heavy atom. The minimum Gasteiger partial charge on any atom is -0.489 e. The molecule has 0 amide bonds. The van der Waals surface area contributed by atoms with Crippen molar-refractivity contribution in [1.82, 2.24) is 0 Å². The van der Waals surface area contributed by atoms with E-state index in [9.17, 15) is 4.39 Å². The molecule has 0 aromatic heterocycles. The van der Waals surface area contributed by atoms with Crippen LogP contribution in [0.15, 0.2) is 46.9 Å². The first-order chi connectivity index (χ1) is 9.69. The van der Waals surface area contributed by atoms with Gasteiger partial charge in [-0.15, -0.1) is 0 Å². The molecule has 0 bridgehead atoms. The Morgan fingerprint density at radius 1 is 1.10 bits per heavy atom. The molecule has 2 aromatic carbocycles. The third kappa shape index (κ3) is 4.32. The van der Waals surface area contributed by atoms with Crippen molar-refractivity contribution in [3.63, 3.8) is 0 Å². The van der Waals surface area contributed by atoms with Crippen LogP contribution in [0.4, 0.5) is 4.39 Å². The number of rotatable bonds is 6. The number of hydrogen-bond donors (Lipinski definition) is 1. The van der Waals surface area contributed by atoms with E-state index in [1.165, 1.54) is 12.1 Å². The molecule has 2 N–H and O–H groups in total. The van der Waals surface area contributed by atoms with Gasteiger partial charge in [-0.1, -0.05) is 28.1 Å². The predicted octanol–water partition coefficient (Wildman–Crippen LogP) is 4.06. The van der Waals surface area contributed by atoms with E-state index in [2.05, 4.69) is 22.0 Å². The van der Waals surface area contributed by atoms with Gasteiger partial charge in [0.15, 0.2) is 0 Å². The molecule has 0 heterocycles. The fourth-order valence-corrected chi connectivity index (χ4v) is 2.33. The predicted molar refractivity (Wildman–Crippen MR) is 82.2 cm³/mol. The van der Waals surface area contributed by atoms with Gasteiger partial charge in [0.1, 0.15) is 18.2 Å². The van der Waals surface area contributed by atoms with Crippen LogP contribution in [0, 0.1) is 5.82 Å². The molecule has 0 atom stereocenters. The highest BCUT2D eigenvalue weighted by atomic mass is 79.9. The first-order valence-electron chi connectivity index (χ1n) is 6.55. The van der Waals surface area contributed by atoms with Crippen LogP contribution in [-0.2, 0) is 13.0 Å². The van der Waals surface area contributed by atoms with Crippen LogP contribution in [0.5, 0.6) is 5.75 Å². The number of nitrogens with two attached hydrogens (primary N) is 1. The molecule has 0 spiro atoms. The zero-order valence-electron chi connectivity index (χ0n) is 11.1. The van der Waals surface area contributed by atoms with E-state index in [1.54, 1.807) is 12.1 Å². The Kier molecular flexibility index (Phi) is 5.56. The Balaban J connectivity index is 2.06. The molecule has 4 heteroatoms. The zero-order valence-corrected chi connectivity index (χ0v) is 12.7. The summed E-state index contributed by atoms with van der Waals surface area (Å²) in [7, 11) is 0. The summed E-state index contributed by atoms with van der Waals surface area (Å²) in [6, 6.07) is 12.3. The van der Waals surface area contributed by atoms with Gasteiger partial charge in [-0.3, -0.25) is 0 Å². The lowest BCUT2D eigenvalue weighted by Gasteiger charge is -2.12. The Morgan fingerprint density at radius 3 is 2.55 bits per heavy atom. The largest absolute Gasteiger partial charge is 0.489 e. The lowest BCUT2D eigenvalue weighted by molar-refractivity contribution is 0.302. The standard InChI is InChI=1S/C16H17BrFNO/c17-14-5-8-16(13(10-14)2-1-9-19)20-11-12-3-6-15(18)7-4-12/h3-8,10H,1-2,9,11,19H2. The number of ether oxygens (including phenoxy) is 1. The highest BCUT2D eigenvalue weighted by molar-refractivity contribution is 9.10. The molecule has 0 aliphatic rings. The van der Waals surface area contributed by atoms with Crippen LogP contribution in [0.2, 0.25) is 0 Å². The van der Waals surface area contributed by atoms with Gasteiger partial charge in [-0.25, -0.2) is 4.39 Å². The Hall–Kier alpha value is -1.39. The Labute approximate surface area is 126 Å². The fourth-order valence-electron chi connectivity index (χ4n) is 1.92. The van der Waals surface area contributed by atoms with Crippen LogP contribution < -0.4 is 10.5 Å². The SMILES string of the molecule is NCCCc1cc(Br)ccc1OCc1ccc(F)cc1. The van der Waals surface area contributed by atoms with Crippen molar-refractivity contribution < 1.29 is 9.13 Å². The second-order valence-corrected chi connectivity index (χ2v) is 5.48. The van der Waals surface area contributed by atoms with E-state index in [1.807, 2.05) is 12.1 Å². The Bertz CT molecular complexity index is 557. The summed E-state index contributed by atoms with van der Waals surface area (Å²) in [5.74, 6) is 0.618. The van der Waals surface area contributed by atoms with Crippen molar-refractivity contribution >= 4 is 15.9 Å². The molecular formula is C16H17BrFNO. The van der Waals surface area contributed by atoms with E-state index >= 15 is 0 Å². The van der Waals surface area contributed by atoms with Gasteiger partial charge < -0.3 is 10.5 Å². The van der Waals surface area contributed by atoms with Crippen LogP contribution in [0.1, 0.15) is 17.5 Å². The summed E-state index contributed by atoms with van der Waals surface area (Å²) < 4.78 is 19.7. The lowest BCUT2D eigenvalue weighted by atomic mass is 10.1. The molecule has 20 heavy (non-hydrogen) atoms. The molecule has 0 aliphatic carbocycles. The smallest absolute Gasteiger partial charge is 0.123 e. The summed E-state index contributed by atoms with van der Waals surface area (Å²) in [6.07, 6.45) is 1.80. The molecule has 2 nitrogen and oxygen atoms in total. The summed E-state index contributed by atoms with van der Waals surface area (Å²) >= 11 is 3.46. The number of hydrogen-bond acceptors (Lipinski definition) is 2. The number of benzene rings is 2. The molecule has 0 fully saturated rings. The minimum atomic E-state index is -0.235. The van der Waals surface area contributed by atoms with E-state index in [4.69, 9.17) is 10.5 Å². The molecular weight excluding hydrogens is 321 g/mol. The maximum absolute atomic E-state index is 12.8. The van der Waals surface area contributed by atoms with Crippen LogP contribution in [0.25, 0.3) is 0 Å². The minimum absolute atomic E-state index is 0.235. The molecule has 2 aromatic rings. The maximum Gasteiger partial charge on any atom is 0.123 e. The monoisotopic (exact) mass is 337 g/mol. The van der Waals surface area contributed by atoms with Gasteiger partial charge in [-0.05, 0) is 60.8 Å². The molecule has 0 saturated heterocycles. The van der Waals surface area contributed by atoms with Gasteiger partial charge >= 0.3 is 0 Å². The number of aryl methyl sites for hydroxylation is 1. The maximum atomic E-state index is 12.8. The number of halogens is 2. The first-order valence-corrected chi connectivity index (χ1v) is 7.34. The first kappa shape index (κ1) is 15.0. The summed E-state index contributed by atoms with van der Waals surface area (Å²) in [5, 5.41) is 0. The van der Waals surface area contributed by atoms with Gasteiger partial charge in [0.2, 0.25) is 0 Å². The molecule has 2 rings (SSSR count). The van der Waals surface area contributed by atoms with E-state index in [0.717, 1.165) is 34.2 Å². The van der Waals surface area contributed by atoms with Crippen LogP contribution in [-0.4, -0.2) is 6.54 Å². The van der Waals surface area contributed by atoms with Crippen molar-refractivity contribution in [2.45, 2.75) is 19.4 Å². The lowest BCUT2D eigenvalue weighted by Crippen LogP contribution is -2.03. The molecule has 0 unspecified atom stereocenters. The third-order valence-corrected chi connectivity index (χ3v) is 3.47. The van der Waals surface area contributed by atoms with E-state index < -0.39 is 0 Å². The van der Waals surface area contributed by atoms with Crippen molar-refractivity contribution in [2.75, 3.05) is 6.54 Å². The topological polar surface area (TPSA) is 35.2 Å². The quantitative estimate of drug-likeness (QED) is 0.862. The van der Waals surface area contributed by atoms with E-state index in [0.29, 0.717) is 13.2 Å². The fraction of sp³-hybridized carbons (Fsp3) is 0.250. The summed E-state index contributed by atoms with van der Waals surface area (Å²) in [6.45, 7) is 1.08. The van der Waals surface area contributed by atoms with Crippen LogP contribution in [0.3, 0.4) is 0 Å². The van der Waals surface area contributed by atoms with Crippen molar-refractivity contribution in [3.05, 3.63) is 63.9 Å². The van der Waals surface area contributed by atoms with Gasteiger partial charge in [0.05, 0.1) is 0 Å². The summed E-state index contributed by atoms with van der Waals surface area (Å²) in [4.78, 5) is 0. The highest BCUT2D eigenvalue weighted by Crippen LogP contribution is 2.25. The molecule has 0 saturated carbocycles. The summed E-state index contributed by atoms with van der Waals surface area (Å²) in [5.41, 5.74) is 7.63. The van der Waals surface area contributed by atoms with Gasteiger partial charge in [-0.2, -0.15) is 0 Å². The van der Waals surface area contributed by atoms with Crippen molar-refractivity contribution in [2.24, 2.45) is 5.73 Å². The molecule has 106 valence electrons. The van der Waals surface area contributed by atoms with Gasteiger partial charge in [0.25, 0.3) is 0 Å². The molecule has 0 aliphatic heterocycles. The van der Waals surface area contributed by atoms with E-state index in [-0.39, 0.29) is 5.82 Å². The normalized spacial score (nSPS) is 10.6. The second kappa shape index (κ2) is 7.41. The average molecular weight is 338 g/mol. The van der Waals surface area contributed by atoms with Crippen molar-refractivity contribution in [1.29, 1.82) is 0 Å².